The van der Waals surface area contributed by atoms with Crippen molar-refractivity contribution in [2.45, 2.75) is 43.0 Å². The van der Waals surface area contributed by atoms with Crippen LogP contribution in [-0.2, 0) is 10.0 Å². The number of nitrogens with zero attached hydrogens (tertiary/aromatic N) is 1. The Kier molecular flexibility index (Phi) is 5.12. The van der Waals surface area contributed by atoms with Gasteiger partial charge in [-0.15, -0.1) is 0 Å². The summed E-state index contributed by atoms with van der Waals surface area (Å²) in [6, 6.07) is 5.53. The minimum atomic E-state index is -3.78. The van der Waals surface area contributed by atoms with Gasteiger partial charge in [-0.3, -0.25) is 0 Å². The maximum Gasteiger partial charge on any atom is 0.246 e. The zero-order valence-corrected chi connectivity index (χ0v) is 12.3. The maximum atomic E-state index is 13.8. The summed E-state index contributed by atoms with van der Waals surface area (Å²) in [5.74, 6) is -0.691. The molecule has 1 aromatic carbocycles. The highest BCUT2D eigenvalue weighted by Crippen LogP contribution is 2.29. The molecule has 2 N–H and O–H groups in total. The highest BCUT2D eigenvalue weighted by Gasteiger charge is 2.34. The van der Waals surface area contributed by atoms with Crippen LogP contribution in [0.3, 0.4) is 0 Å². The van der Waals surface area contributed by atoms with Crippen molar-refractivity contribution < 1.29 is 12.8 Å². The van der Waals surface area contributed by atoms with Crippen LogP contribution >= 0.6 is 0 Å². The Bertz CT molecular complexity index is 542. The molecular formula is C14H21FN2O2S. The molecule has 0 radical (unpaired) electrons. The van der Waals surface area contributed by atoms with Gasteiger partial charge < -0.3 is 5.73 Å². The summed E-state index contributed by atoms with van der Waals surface area (Å²) in [4.78, 5) is -0.232. The standard InChI is InChI=1S/C14H21FN2O2S/c15-13-8-3-4-9-14(13)20(18,19)17(11-5-10-16)12-6-1-2-7-12/h3-4,8-9,12H,1-2,5-7,10-11,16H2. The lowest BCUT2D eigenvalue weighted by Gasteiger charge is -2.28. The predicted molar refractivity (Wildman–Crippen MR) is 76.2 cm³/mol. The molecule has 20 heavy (non-hydrogen) atoms. The highest BCUT2D eigenvalue weighted by molar-refractivity contribution is 7.89. The fourth-order valence-corrected chi connectivity index (χ4v) is 4.51. The Labute approximate surface area is 119 Å². The fourth-order valence-electron chi connectivity index (χ4n) is 2.72. The van der Waals surface area contributed by atoms with Crippen molar-refractivity contribution in [3.63, 3.8) is 0 Å². The van der Waals surface area contributed by atoms with Crippen molar-refractivity contribution in [1.29, 1.82) is 0 Å². The van der Waals surface area contributed by atoms with E-state index >= 15 is 0 Å². The first kappa shape index (κ1) is 15.4. The van der Waals surface area contributed by atoms with Crippen molar-refractivity contribution >= 4 is 10.0 Å². The summed E-state index contributed by atoms with van der Waals surface area (Å²) in [6.07, 6.45) is 4.33. The summed E-state index contributed by atoms with van der Waals surface area (Å²) in [6.45, 7) is 0.786. The molecule has 6 heteroatoms. The summed E-state index contributed by atoms with van der Waals surface area (Å²) in [5, 5.41) is 0. The van der Waals surface area contributed by atoms with E-state index in [0.717, 1.165) is 25.7 Å². The largest absolute Gasteiger partial charge is 0.330 e. The third-order valence-corrected chi connectivity index (χ3v) is 5.72. The molecule has 1 aliphatic carbocycles. The van der Waals surface area contributed by atoms with Crippen LogP contribution in [0.5, 0.6) is 0 Å². The zero-order chi connectivity index (χ0) is 14.6. The van der Waals surface area contributed by atoms with Crippen molar-refractivity contribution in [3.8, 4) is 0 Å². The molecule has 1 aliphatic rings. The van der Waals surface area contributed by atoms with Gasteiger partial charge in [-0.05, 0) is 37.9 Å². The van der Waals surface area contributed by atoms with E-state index < -0.39 is 15.8 Å². The first-order valence-electron chi connectivity index (χ1n) is 7.04. The molecule has 0 aliphatic heterocycles. The number of benzene rings is 1. The topological polar surface area (TPSA) is 63.4 Å². The van der Waals surface area contributed by atoms with E-state index in [1.165, 1.54) is 22.5 Å². The lowest BCUT2D eigenvalue weighted by atomic mass is 10.2. The average molecular weight is 300 g/mol. The van der Waals surface area contributed by atoms with E-state index in [0.29, 0.717) is 19.5 Å². The van der Waals surface area contributed by atoms with Crippen LogP contribution < -0.4 is 5.73 Å². The molecule has 2 rings (SSSR count). The Morgan fingerprint density at radius 3 is 2.50 bits per heavy atom. The second kappa shape index (κ2) is 6.65. The van der Waals surface area contributed by atoms with E-state index in [2.05, 4.69) is 0 Å². The van der Waals surface area contributed by atoms with Gasteiger partial charge in [0.25, 0.3) is 0 Å². The van der Waals surface area contributed by atoms with Gasteiger partial charge in [0, 0.05) is 12.6 Å². The first-order valence-corrected chi connectivity index (χ1v) is 8.48. The molecule has 0 amide bonds. The third kappa shape index (κ3) is 3.19. The molecule has 0 bridgehead atoms. The Morgan fingerprint density at radius 1 is 1.25 bits per heavy atom. The van der Waals surface area contributed by atoms with E-state index in [4.69, 9.17) is 5.73 Å². The monoisotopic (exact) mass is 300 g/mol. The summed E-state index contributed by atoms with van der Waals surface area (Å²) in [5.41, 5.74) is 5.49. The minimum Gasteiger partial charge on any atom is -0.330 e. The number of hydrogen-bond acceptors (Lipinski definition) is 3. The Balaban J connectivity index is 2.33. The van der Waals surface area contributed by atoms with Crippen LogP contribution in [0.25, 0.3) is 0 Å². The Morgan fingerprint density at radius 2 is 1.90 bits per heavy atom. The number of nitrogens with two attached hydrogens (primary N) is 1. The van der Waals surface area contributed by atoms with E-state index in [1.807, 2.05) is 0 Å². The van der Waals surface area contributed by atoms with Gasteiger partial charge in [0.15, 0.2) is 0 Å². The van der Waals surface area contributed by atoms with Gasteiger partial charge in [-0.25, -0.2) is 12.8 Å². The second-order valence-electron chi connectivity index (χ2n) is 5.13. The fraction of sp³-hybridized carbons (Fsp3) is 0.571. The molecule has 4 nitrogen and oxygen atoms in total. The van der Waals surface area contributed by atoms with E-state index in [-0.39, 0.29) is 10.9 Å². The molecule has 112 valence electrons. The van der Waals surface area contributed by atoms with Gasteiger partial charge in [-0.1, -0.05) is 25.0 Å². The number of rotatable bonds is 6. The second-order valence-corrected chi connectivity index (χ2v) is 6.99. The van der Waals surface area contributed by atoms with Crippen molar-refractivity contribution in [1.82, 2.24) is 4.31 Å². The Hall–Kier alpha value is -0.980. The first-order chi connectivity index (χ1) is 9.57. The molecular weight excluding hydrogens is 279 g/mol. The van der Waals surface area contributed by atoms with Gasteiger partial charge >= 0.3 is 0 Å². The zero-order valence-electron chi connectivity index (χ0n) is 11.5. The van der Waals surface area contributed by atoms with Crippen molar-refractivity contribution in [3.05, 3.63) is 30.1 Å². The molecule has 1 saturated carbocycles. The minimum absolute atomic E-state index is 0.0221. The predicted octanol–water partition coefficient (Wildman–Crippen LogP) is 2.11. The maximum absolute atomic E-state index is 13.8. The molecule has 0 unspecified atom stereocenters. The quantitative estimate of drug-likeness (QED) is 0.875. The van der Waals surface area contributed by atoms with Gasteiger partial charge in [0.2, 0.25) is 10.0 Å². The number of sulfonamides is 1. The molecule has 1 aromatic rings. The van der Waals surface area contributed by atoms with Crippen LogP contribution in [0.1, 0.15) is 32.1 Å². The molecule has 0 aromatic heterocycles. The van der Waals surface area contributed by atoms with Gasteiger partial charge in [0.1, 0.15) is 10.7 Å². The summed E-state index contributed by atoms with van der Waals surface area (Å²) >= 11 is 0. The van der Waals surface area contributed by atoms with Crippen LogP contribution in [0.4, 0.5) is 4.39 Å². The normalized spacial score (nSPS) is 16.9. The van der Waals surface area contributed by atoms with Crippen molar-refractivity contribution in [2.24, 2.45) is 5.73 Å². The van der Waals surface area contributed by atoms with Crippen LogP contribution in [0.15, 0.2) is 29.2 Å². The SMILES string of the molecule is NCCCN(C1CCCC1)S(=O)(=O)c1ccccc1F. The van der Waals surface area contributed by atoms with Crippen LogP contribution in [0, 0.1) is 5.82 Å². The smallest absolute Gasteiger partial charge is 0.246 e. The van der Waals surface area contributed by atoms with Crippen molar-refractivity contribution in [2.75, 3.05) is 13.1 Å². The lowest BCUT2D eigenvalue weighted by molar-refractivity contribution is 0.318. The summed E-state index contributed by atoms with van der Waals surface area (Å²) in [7, 11) is -3.78. The lowest BCUT2D eigenvalue weighted by Crippen LogP contribution is -2.40. The van der Waals surface area contributed by atoms with Crippen LogP contribution in [-0.4, -0.2) is 31.9 Å². The molecule has 1 fully saturated rings. The van der Waals surface area contributed by atoms with Gasteiger partial charge in [-0.2, -0.15) is 4.31 Å². The number of halogens is 1. The van der Waals surface area contributed by atoms with E-state index in [9.17, 15) is 12.8 Å². The molecule has 0 atom stereocenters. The third-order valence-electron chi connectivity index (χ3n) is 3.74. The van der Waals surface area contributed by atoms with Crippen LogP contribution in [0.2, 0.25) is 0 Å². The molecule has 0 saturated heterocycles. The average Bonchev–Trinajstić information content (AvgIpc) is 2.93. The molecule has 0 spiro atoms. The highest BCUT2D eigenvalue weighted by atomic mass is 32.2. The summed E-state index contributed by atoms with van der Waals surface area (Å²) < 4.78 is 40.7. The van der Waals surface area contributed by atoms with Gasteiger partial charge in [0.05, 0.1) is 0 Å². The molecule has 0 heterocycles. The number of hydrogen-bond donors (Lipinski definition) is 1. The van der Waals surface area contributed by atoms with E-state index in [1.54, 1.807) is 6.07 Å².